The third-order valence-electron chi connectivity index (χ3n) is 2.68. The summed E-state index contributed by atoms with van der Waals surface area (Å²) in [5.74, 6) is -0.572. The first-order valence-electron chi connectivity index (χ1n) is 5.94. The fraction of sp³-hybridized carbons (Fsp3) is 0.0714. The Bertz CT molecular complexity index is 693. The molecule has 2 rings (SSSR count). The molecule has 0 fully saturated rings. The number of hydrazone groups is 1. The van der Waals surface area contributed by atoms with Gasteiger partial charge in [0, 0.05) is 28.5 Å². The summed E-state index contributed by atoms with van der Waals surface area (Å²) in [5, 5.41) is 22.8. The summed E-state index contributed by atoms with van der Waals surface area (Å²) in [6.07, 6.45) is 4.30. The summed E-state index contributed by atoms with van der Waals surface area (Å²) in [4.78, 5) is 15.7. The summed E-state index contributed by atoms with van der Waals surface area (Å²) in [5.41, 5.74) is 3.75. The van der Waals surface area contributed by atoms with Crippen LogP contribution in [0.25, 0.3) is 0 Å². The van der Waals surface area contributed by atoms with Gasteiger partial charge < -0.3 is 10.2 Å². The lowest BCUT2D eigenvalue weighted by atomic mass is 10.1. The Morgan fingerprint density at radius 1 is 1.33 bits per heavy atom. The van der Waals surface area contributed by atoms with Gasteiger partial charge in [-0.05, 0) is 40.5 Å². The number of amides is 1. The average Bonchev–Trinajstić information content (AvgIpc) is 2.41. The SMILES string of the molecule is Cc1cc(O)cc(O)c1/C=N\NC(=O)c1cncc(Br)c1. The van der Waals surface area contributed by atoms with Crippen LogP contribution in [0, 0.1) is 6.92 Å². The summed E-state index contributed by atoms with van der Waals surface area (Å²) in [6.45, 7) is 1.71. The number of carbonyl (C=O) groups excluding carboxylic acids is 1. The van der Waals surface area contributed by atoms with E-state index in [1.807, 2.05) is 0 Å². The van der Waals surface area contributed by atoms with Gasteiger partial charge in [0.15, 0.2) is 0 Å². The molecule has 0 radical (unpaired) electrons. The van der Waals surface area contributed by atoms with Crippen LogP contribution in [-0.2, 0) is 0 Å². The van der Waals surface area contributed by atoms with Gasteiger partial charge in [-0.25, -0.2) is 5.43 Å². The molecule has 0 spiro atoms. The summed E-state index contributed by atoms with van der Waals surface area (Å²) in [6, 6.07) is 4.30. The number of phenolic OH excluding ortho intramolecular Hbond substituents is 2. The van der Waals surface area contributed by atoms with Crippen molar-refractivity contribution < 1.29 is 15.0 Å². The highest BCUT2D eigenvalue weighted by atomic mass is 79.9. The van der Waals surface area contributed by atoms with Crippen LogP contribution in [0.4, 0.5) is 0 Å². The molecule has 0 unspecified atom stereocenters. The molecule has 1 aromatic heterocycles. The largest absolute Gasteiger partial charge is 0.508 e. The van der Waals surface area contributed by atoms with Crippen molar-refractivity contribution in [2.24, 2.45) is 5.10 Å². The highest BCUT2D eigenvalue weighted by molar-refractivity contribution is 9.10. The van der Waals surface area contributed by atoms with Crippen molar-refractivity contribution in [1.82, 2.24) is 10.4 Å². The number of aromatic nitrogens is 1. The molecule has 1 aromatic carbocycles. The van der Waals surface area contributed by atoms with Crippen LogP contribution in [0.1, 0.15) is 21.5 Å². The van der Waals surface area contributed by atoms with Crippen molar-refractivity contribution in [3.05, 3.63) is 51.8 Å². The van der Waals surface area contributed by atoms with Crippen LogP contribution in [0.5, 0.6) is 11.5 Å². The number of nitrogens with one attached hydrogen (secondary N) is 1. The number of hydrogen-bond acceptors (Lipinski definition) is 5. The minimum absolute atomic E-state index is 0.0357. The molecule has 0 bridgehead atoms. The van der Waals surface area contributed by atoms with Crippen LogP contribution in [0.2, 0.25) is 0 Å². The Hall–Kier alpha value is -2.41. The molecule has 1 amide bonds. The van der Waals surface area contributed by atoms with Gasteiger partial charge in [-0.3, -0.25) is 9.78 Å². The molecule has 0 aliphatic heterocycles. The summed E-state index contributed by atoms with van der Waals surface area (Å²) >= 11 is 3.22. The van der Waals surface area contributed by atoms with Gasteiger partial charge in [0.05, 0.1) is 11.8 Å². The van der Waals surface area contributed by atoms with E-state index >= 15 is 0 Å². The normalized spacial score (nSPS) is 10.8. The van der Waals surface area contributed by atoms with E-state index in [-0.39, 0.29) is 11.5 Å². The molecule has 0 atom stereocenters. The van der Waals surface area contributed by atoms with E-state index in [4.69, 9.17) is 0 Å². The highest BCUT2D eigenvalue weighted by Crippen LogP contribution is 2.24. The van der Waals surface area contributed by atoms with E-state index < -0.39 is 5.91 Å². The van der Waals surface area contributed by atoms with Crippen molar-refractivity contribution in [3.63, 3.8) is 0 Å². The topological polar surface area (TPSA) is 94.8 Å². The standard InChI is InChI=1S/C14H12BrN3O3/c1-8-2-11(19)4-13(20)12(8)7-17-18-14(21)9-3-10(15)6-16-5-9/h2-7,19-20H,1H3,(H,18,21)/b17-7-. The monoisotopic (exact) mass is 349 g/mol. The zero-order valence-electron chi connectivity index (χ0n) is 11.0. The lowest BCUT2D eigenvalue weighted by molar-refractivity contribution is 0.0954. The molecule has 21 heavy (non-hydrogen) atoms. The van der Waals surface area contributed by atoms with Gasteiger partial charge in [-0.2, -0.15) is 5.10 Å². The third kappa shape index (κ3) is 3.79. The maximum atomic E-state index is 11.8. The van der Waals surface area contributed by atoms with Crippen LogP contribution in [0.3, 0.4) is 0 Å². The van der Waals surface area contributed by atoms with Gasteiger partial charge in [-0.1, -0.05) is 0 Å². The highest BCUT2D eigenvalue weighted by Gasteiger charge is 2.07. The number of halogens is 1. The lowest BCUT2D eigenvalue weighted by Crippen LogP contribution is -2.17. The fourth-order valence-electron chi connectivity index (χ4n) is 1.69. The smallest absolute Gasteiger partial charge is 0.272 e. The number of hydrogen-bond donors (Lipinski definition) is 3. The first-order chi connectivity index (χ1) is 9.97. The maximum absolute atomic E-state index is 11.8. The molecule has 7 heteroatoms. The molecule has 0 saturated carbocycles. The molecule has 1 heterocycles. The van der Waals surface area contributed by atoms with E-state index in [0.717, 1.165) is 0 Å². The number of phenols is 2. The van der Waals surface area contributed by atoms with Crippen molar-refractivity contribution >= 4 is 28.1 Å². The van der Waals surface area contributed by atoms with Crippen LogP contribution >= 0.6 is 15.9 Å². The summed E-state index contributed by atoms with van der Waals surface area (Å²) < 4.78 is 0.686. The van der Waals surface area contributed by atoms with Crippen molar-refractivity contribution in [1.29, 1.82) is 0 Å². The molecule has 6 nitrogen and oxygen atoms in total. The molecule has 0 aliphatic carbocycles. The first-order valence-corrected chi connectivity index (χ1v) is 6.73. The number of nitrogens with zero attached hydrogens (tertiary/aromatic N) is 2. The van der Waals surface area contributed by atoms with E-state index in [1.54, 1.807) is 19.2 Å². The quantitative estimate of drug-likeness (QED) is 0.585. The zero-order valence-corrected chi connectivity index (χ0v) is 12.6. The van der Waals surface area contributed by atoms with Crippen LogP contribution in [-0.4, -0.2) is 27.3 Å². The fourth-order valence-corrected chi connectivity index (χ4v) is 2.05. The van der Waals surface area contributed by atoms with Gasteiger partial charge in [0.2, 0.25) is 0 Å². The average molecular weight is 350 g/mol. The molecular weight excluding hydrogens is 338 g/mol. The van der Waals surface area contributed by atoms with Crippen molar-refractivity contribution in [3.8, 4) is 11.5 Å². The Kier molecular flexibility index (Phi) is 4.54. The second kappa shape index (κ2) is 6.36. The van der Waals surface area contributed by atoms with Gasteiger partial charge in [-0.15, -0.1) is 0 Å². The Morgan fingerprint density at radius 3 is 2.76 bits per heavy atom. The van der Waals surface area contributed by atoms with Gasteiger partial charge >= 0.3 is 0 Å². The molecule has 3 N–H and O–H groups in total. The number of aryl methyl sites for hydroxylation is 1. The zero-order chi connectivity index (χ0) is 15.4. The van der Waals surface area contributed by atoms with Gasteiger partial charge in [0.1, 0.15) is 11.5 Å². The molecule has 0 saturated heterocycles. The second-order valence-electron chi connectivity index (χ2n) is 4.29. The predicted molar refractivity (Wildman–Crippen MR) is 81.5 cm³/mol. The Balaban J connectivity index is 2.11. The van der Waals surface area contributed by atoms with Gasteiger partial charge in [0.25, 0.3) is 5.91 Å². The van der Waals surface area contributed by atoms with Crippen LogP contribution in [0.15, 0.2) is 40.2 Å². The molecule has 108 valence electrons. The maximum Gasteiger partial charge on any atom is 0.272 e. The number of aromatic hydroxyl groups is 2. The third-order valence-corrected chi connectivity index (χ3v) is 3.11. The number of rotatable bonds is 3. The molecule has 0 aliphatic rings. The summed E-state index contributed by atoms with van der Waals surface area (Å²) in [7, 11) is 0. The lowest BCUT2D eigenvalue weighted by Gasteiger charge is -2.04. The number of carbonyl (C=O) groups is 1. The van der Waals surface area contributed by atoms with E-state index in [2.05, 4.69) is 31.4 Å². The van der Waals surface area contributed by atoms with E-state index in [9.17, 15) is 15.0 Å². The second-order valence-corrected chi connectivity index (χ2v) is 5.20. The minimum atomic E-state index is -0.420. The van der Waals surface area contributed by atoms with Crippen LogP contribution < -0.4 is 5.43 Å². The number of benzene rings is 1. The Labute approximate surface area is 129 Å². The van der Waals surface area contributed by atoms with E-state index in [1.165, 1.54) is 24.5 Å². The predicted octanol–water partition coefficient (Wildman–Crippen LogP) is 2.33. The minimum Gasteiger partial charge on any atom is -0.508 e. The van der Waals surface area contributed by atoms with Crippen molar-refractivity contribution in [2.75, 3.05) is 0 Å². The Morgan fingerprint density at radius 2 is 2.10 bits per heavy atom. The molecule has 2 aromatic rings. The first kappa shape index (κ1) is 15.0. The number of pyridine rings is 1. The van der Waals surface area contributed by atoms with Crippen molar-refractivity contribution in [2.45, 2.75) is 6.92 Å². The van der Waals surface area contributed by atoms with E-state index in [0.29, 0.717) is 21.2 Å². The molecular formula is C14H12BrN3O3.